The fourth-order valence-electron chi connectivity index (χ4n) is 2.76. The number of para-hydroxylation sites is 1. The molecule has 1 aliphatic rings. The molecular weight excluding hydrogens is 296 g/mol. The molecule has 0 amide bonds. The standard InChI is InChI=1S/C21H20N2O/c1-16(12-13-22-23(2)19-9-4-3-5-10-19)14-18-15-17-8-6-7-11-20(17)21(18)24/h3-14H,15H2,1-2H3/b16-12+,18-14+,22-13+. The summed E-state index contributed by atoms with van der Waals surface area (Å²) in [5, 5.41) is 6.20. The molecule has 0 radical (unpaired) electrons. The second kappa shape index (κ2) is 7.09. The van der Waals surface area contributed by atoms with Gasteiger partial charge in [0.25, 0.3) is 0 Å². The number of fused-ring (bicyclic) bond motifs is 1. The Kier molecular flexibility index (Phi) is 4.71. The number of nitrogens with zero attached hydrogens (tertiary/aromatic N) is 2. The van der Waals surface area contributed by atoms with Gasteiger partial charge in [-0.2, -0.15) is 5.10 Å². The van der Waals surface area contributed by atoms with E-state index in [1.807, 2.05) is 85.7 Å². The Labute approximate surface area is 142 Å². The molecule has 0 fully saturated rings. The van der Waals surface area contributed by atoms with Crippen LogP contribution in [0.5, 0.6) is 0 Å². The number of hydrazone groups is 1. The van der Waals surface area contributed by atoms with E-state index >= 15 is 0 Å². The Balaban J connectivity index is 1.69. The predicted molar refractivity (Wildman–Crippen MR) is 99.7 cm³/mol. The van der Waals surface area contributed by atoms with Gasteiger partial charge >= 0.3 is 0 Å². The van der Waals surface area contributed by atoms with Crippen molar-refractivity contribution in [3.8, 4) is 0 Å². The molecule has 0 N–H and O–H groups in total. The molecular formula is C21H20N2O. The number of hydrogen-bond acceptors (Lipinski definition) is 3. The number of ketones is 1. The number of carbonyl (C=O) groups excluding carboxylic acids is 1. The summed E-state index contributed by atoms with van der Waals surface area (Å²) in [5.74, 6) is 0.136. The molecule has 24 heavy (non-hydrogen) atoms. The summed E-state index contributed by atoms with van der Waals surface area (Å²) in [6, 6.07) is 17.8. The normalized spacial score (nSPS) is 16.0. The van der Waals surface area contributed by atoms with Gasteiger partial charge < -0.3 is 0 Å². The summed E-state index contributed by atoms with van der Waals surface area (Å²) in [7, 11) is 1.91. The maximum atomic E-state index is 12.4. The number of rotatable bonds is 4. The van der Waals surface area contributed by atoms with E-state index < -0.39 is 0 Å². The smallest absolute Gasteiger partial charge is 0.189 e. The van der Waals surface area contributed by atoms with Crippen molar-refractivity contribution in [2.24, 2.45) is 5.10 Å². The Bertz CT molecular complexity index is 832. The van der Waals surface area contributed by atoms with E-state index in [-0.39, 0.29) is 5.78 Å². The van der Waals surface area contributed by atoms with Crippen LogP contribution in [0, 0.1) is 0 Å². The highest BCUT2D eigenvalue weighted by molar-refractivity contribution is 6.13. The molecule has 3 nitrogen and oxygen atoms in total. The third kappa shape index (κ3) is 3.51. The molecule has 0 aromatic heterocycles. The van der Waals surface area contributed by atoms with Crippen LogP contribution in [0.15, 0.2) is 83.0 Å². The topological polar surface area (TPSA) is 32.7 Å². The van der Waals surface area contributed by atoms with Crippen LogP contribution >= 0.6 is 0 Å². The molecule has 0 heterocycles. The van der Waals surface area contributed by atoms with Crippen LogP contribution in [0.25, 0.3) is 0 Å². The molecule has 3 rings (SSSR count). The number of benzene rings is 2. The van der Waals surface area contributed by atoms with Crippen molar-refractivity contribution in [1.29, 1.82) is 0 Å². The molecule has 0 saturated heterocycles. The maximum Gasteiger partial charge on any atom is 0.189 e. The fraction of sp³-hybridized carbons (Fsp3) is 0.143. The average Bonchev–Trinajstić information content (AvgIpc) is 2.92. The lowest BCUT2D eigenvalue weighted by molar-refractivity contribution is 0.103. The summed E-state index contributed by atoms with van der Waals surface area (Å²) in [4.78, 5) is 12.4. The zero-order chi connectivity index (χ0) is 16.9. The zero-order valence-electron chi connectivity index (χ0n) is 13.9. The Hall–Kier alpha value is -2.94. The maximum absolute atomic E-state index is 12.4. The minimum Gasteiger partial charge on any atom is -0.289 e. The molecule has 0 bridgehead atoms. The monoisotopic (exact) mass is 316 g/mol. The Morgan fingerprint density at radius 3 is 2.54 bits per heavy atom. The molecule has 3 heteroatoms. The van der Waals surface area contributed by atoms with Gasteiger partial charge in [-0.25, -0.2) is 0 Å². The molecule has 0 saturated carbocycles. The van der Waals surface area contributed by atoms with Gasteiger partial charge in [0.15, 0.2) is 5.78 Å². The lowest BCUT2D eigenvalue weighted by Gasteiger charge is -2.11. The van der Waals surface area contributed by atoms with E-state index in [0.29, 0.717) is 6.42 Å². The van der Waals surface area contributed by atoms with Crippen molar-refractivity contribution >= 4 is 17.7 Å². The van der Waals surface area contributed by atoms with Crippen LogP contribution in [0.3, 0.4) is 0 Å². The Morgan fingerprint density at radius 1 is 1.08 bits per heavy atom. The van der Waals surface area contributed by atoms with E-state index in [9.17, 15) is 4.79 Å². The summed E-state index contributed by atoms with van der Waals surface area (Å²) in [6.45, 7) is 1.98. The van der Waals surface area contributed by atoms with E-state index in [0.717, 1.165) is 28.0 Å². The van der Waals surface area contributed by atoms with Crippen LogP contribution < -0.4 is 5.01 Å². The average molecular weight is 316 g/mol. The van der Waals surface area contributed by atoms with Gasteiger partial charge in [-0.3, -0.25) is 9.80 Å². The number of hydrogen-bond donors (Lipinski definition) is 0. The third-order valence-electron chi connectivity index (χ3n) is 4.04. The van der Waals surface area contributed by atoms with Gasteiger partial charge in [-0.1, -0.05) is 48.5 Å². The van der Waals surface area contributed by atoms with E-state index in [1.165, 1.54) is 0 Å². The quantitative estimate of drug-likeness (QED) is 0.475. The molecule has 0 spiro atoms. The number of Topliss-reactive ketones (excluding diaryl/α,β-unsaturated/α-hetero) is 1. The third-order valence-corrected chi connectivity index (χ3v) is 4.04. The van der Waals surface area contributed by atoms with Crippen molar-refractivity contribution in [3.63, 3.8) is 0 Å². The predicted octanol–water partition coefficient (Wildman–Crippen LogP) is 4.42. The van der Waals surface area contributed by atoms with Crippen molar-refractivity contribution in [2.75, 3.05) is 12.1 Å². The first-order valence-electron chi connectivity index (χ1n) is 7.98. The minimum absolute atomic E-state index is 0.136. The highest BCUT2D eigenvalue weighted by Gasteiger charge is 2.23. The molecule has 0 aliphatic heterocycles. The SMILES string of the molecule is CC(=C\C=N\N(C)c1ccccc1)/C=C1\Cc2ccccc2C1=O. The number of carbonyl (C=O) groups is 1. The minimum atomic E-state index is 0.136. The largest absolute Gasteiger partial charge is 0.289 e. The van der Waals surface area contributed by atoms with E-state index in [4.69, 9.17) is 0 Å². The Morgan fingerprint density at radius 2 is 1.79 bits per heavy atom. The zero-order valence-corrected chi connectivity index (χ0v) is 13.9. The fourth-order valence-corrected chi connectivity index (χ4v) is 2.76. The van der Waals surface area contributed by atoms with Gasteiger partial charge in [0, 0.05) is 30.8 Å². The van der Waals surface area contributed by atoms with Gasteiger partial charge in [-0.15, -0.1) is 0 Å². The van der Waals surface area contributed by atoms with Gasteiger partial charge in [-0.05, 0) is 36.3 Å². The first-order chi connectivity index (χ1) is 11.6. The molecule has 0 unspecified atom stereocenters. The van der Waals surface area contributed by atoms with Crippen LogP contribution in [-0.2, 0) is 6.42 Å². The number of anilines is 1. The first kappa shape index (κ1) is 15.9. The van der Waals surface area contributed by atoms with Crippen molar-refractivity contribution in [1.82, 2.24) is 0 Å². The summed E-state index contributed by atoms with van der Waals surface area (Å²) >= 11 is 0. The summed E-state index contributed by atoms with van der Waals surface area (Å²) in [5.41, 5.74) is 4.82. The van der Waals surface area contributed by atoms with E-state index in [2.05, 4.69) is 5.10 Å². The highest BCUT2D eigenvalue weighted by Crippen LogP contribution is 2.26. The lowest BCUT2D eigenvalue weighted by Crippen LogP contribution is -2.07. The van der Waals surface area contributed by atoms with Crippen molar-refractivity contribution in [2.45, 2.75) is 13.3 Å². The summed E-state index contributed by atoms with van der Waals surface area (Å²) in [6.07, 6.45) is 6.34. The van der Waals surface area contributed by atoms with Crippen LogP contribution in [0.2, 0.25) is 0 Å². The van der Waals surface area contributed by atoms with Gasteiger partial charge in [0.1, 0.15) is 0 Å². The molecule has 2 aromatic carbocycles. The molecule has 2 aromatic rings. The van der Waals surface area contributed by atoms with Gasteiger partial charge in [0.05, 0.1) is 5.69 Å². The lowest BCUT2D eigenvalue weighted by atomic mass is 10.1. The van der Waals surface area contributed by atoms with Crippen LogP contribution in [0.1, 0.15) is 22.8 Å². The van der Waals surface area contributed by atoms with Crippen LogP contribution in [0.4, 0.5) is 5.69 Å². The van der Waals surface area contributed by atoms with Crippen LogP contribution in [-0.4, -0.2) is 19.0 Å². The first-order valence-corrected chi connectivity index (χ1v) is 7.98. The van der Waals surface area contributed by atoms with Crippen molar-refractivity contribution in [3.05, 3.63) is 89.0 Å². The highest BCUT2D eigenvalue weighted by atomic mass is 16.1. The van der Waals surface area contributed by atoms with E-state index in [1.54, 1.807) is 6.21 Å². The second-order valence-electron chi connectivity index (χ2n) is 5.87. The summed E-state index contributed by atoms with van der Waals surface area (Å²) < 4.78 is 0. The molecule has 1 aliphatic carbocycles. The molecule has 0 atom stereocenters. The number of allylic oxidation sites excluding steroid dienone is 4. The van der Waals surface area contributed by atoms with Gasteiger partial charge in [0.2, 0.25) is 0 Å². The second-order valence-corrected chi connectivity index (χ2v) is 5.87. The van der Waals surface area contributed by atoms with Crippen molar-refractivity contribution < 1.29 is 4.79 Å². The molecule has 120 valence electrons.